The number of thiazole rings is 1. The third-order valence-corrected chi connectivity index (χ3v) is 7.16. The number of rotatable bonds is 6. The number of hydrogen-bond acceptors (Lipinski definition) is 7. The molecule has 192 valence electrons. The van der Waals surface area contributed by atoms with Gasteiger partial charge in [0.25, 0.3) is 5.56 Å². The first-order chi connectivity index (χ1) is 18.3. The van der Waals surface area contributed by atoms with Crippen LogP contribution in [0.2, 0.25) is 0 Å². The minimum atomic E-state index is -0.819. The molecule has 0 bridgehead atoms. The number of hydrogen-bond donors (Lipinski definition) is 0. The van der Waals surface area contributed by atoms with Crippen molar-refractivity contribution < 1.29 is 23.1 Å². The van der Waals surface area contributed by atoms with E-state index >= 15 is 0 Å². The van der Waals surface area contributed by atoms with E-state index in [-0.39, 0.29) is 23.5 Å². The zero-order chi connectivity index (χ0) is 27.0. The summed E-state index contributed by atoms with van der Waals surface area (Å²) in [6, 6.07) is 15.5. The smallest absolute Gasteiger partial charge is 0.338 e. The second kappa shape index (κ2) is 10.2. The van der Waals surface area contributed by atoms with Gasteiger partial charge in [-0.3, -0.25) is 14.2 Å². The van der Waals surface area contributed by atoms with E-state index in [0.29, 0.717) is 37.7 Å². The van der Waals surface area contributed by atoms with Gasteiger partial charge in [0.05, 0.1) is 28.5 Å². The molecule has 2 aromatic carbocycles. The molecule has 0 spiro atoms. The Hall–Kier alpha value is -4.37. The molecule has 7 nitrogen and oxygen atoms in total. The van der Waals surface area contributed by atoms with E-state index in [0.717, 1.165) is 5.56 Å². The lowest BCUT2D eigenvalue weighted by Gasteiger charge is -2.24. The predicted molar refractivity (Wildman–Crippen MR) is 141 cm³/mol. The van der Waals surface area contributed by atoms with E-state index in [2.05, 4.69) is 4.99 Å². The second-order valence-electron chi connectivity index (χ2n) is 8.69. The maximum absolute atomic E-state index is 13.7. The maximum Gasteiger partial charge on any atom is 0.338 e. The summed E-state index contributed by atoms with van der Waals surface area (Å²) >= 11 is 1.17. The lowest BCUT2D eigenvalue weighted by atomic mass is 9.96. The average Bonchev–Trinajstić information content (AvgIpc) is 3.48. The lowest BCUT2D eigenvalue weighted by molar-refractivity contribution is -0.139. The normalized spacial score (nSPS) is 15.3. The van der Waals surface area contributed by atoms with Crippen molar-refractivity contribution in [2.75, 3.05) is 6.61 Å². The Morgan fingerprint density at radius 3 is 2.47 bits per heavy atom. The number of carbonyl (C=O) groups excluding carboxylic acids is 2. The van der Waals surface area contributed by atoms with Crippen molar-refractivity contribution in [2.24, 2.45) is 4.99 Å². The number of nitrogens with zero attached hydrogens (tertiary/aromatic N) is 2. The largest absolute Gasteiger partial charge is 0.463 e. The van der Waals surface area contributed by atoms with Crippen molar-refractivity contribution in [3.8, 4) is 11.3 Å². The molecule has 2 aromatic heterocycles. The number of Topliss-reactive ketones (excluding diaryl/α,β-unsaturated/α-hetero) is 1. The van der Waals surface area contributed by atoms with Crippen LogP contribution in [0.5, 0.6) is 0 Å². The Kier molecular flexibility index (Phi) is 6.77. The van der Waals surface area contributed by atoms with Crippen molar-refractivity contribution in [2.45, 2.75) is 26.8 Å². The molecule has 1 aliphatic heterocycles. The van der Waals surface area contributed by atoms with Crippen LogP contribution in [-0.4, -0.2) is 22.9 Å². The molecular weight excluding hydrogens is 507 g/mol. The first-order valence-corrected chi connectivity index (χ1v) is 12.7. The van der Waals surface area contributed by atoms with Gasteiger partial charge in [-0.1, -0.05) is 47.7 Å². The Bertz CT molecular complexity index is 1760. The summed E-state index contributed by atoms with van der Waals surface area (Å²) in [4.78, 5) is 43.0. The summed E-state index contributed by atoms with van der Waals surface area (Å²) in [6.07, 6.45) is 1.63. The standard InChI is InChI=1S/C29H23FN2O5S/c1-4-36-28(35)25-16(2)31-29-32(26(25)20-9-11-21(30)12-10-20)27(34)24(38-29)15-22-13-14-23(37-22)19-7-5-18(6-8-19)17(3)33/h5-15,26H,4H2,1-3H3/b24-15-. The van der Waals surface area contributed by atoms with E-state index in [1.54, 1.807) is 68.5 Å². The molecule has 4 aromatic rings. The van der Waals surface area contributed by atoms with Gasteiger partial charge in [-0.05, 0) is 50.6 Å². The summed E-state index contributed by atoms with van der Waals surface area (Å²) in [7, 11) is 0. The van der Waals surface area contributed by atoms with Crippen LogP contribution in [0.15, 0.2) is 86.1 Å². The van der Waals surface area contributed by atoms with Crippen LogP contribution in [0.25, 0.3) is 17.4 Å². The van der Waals surface area contributed by atoms with E-state index in [1.807, 2.05) is 0 Å². The fraction of sp³-hybridized carbons (Fsp3) is 0.172. The van der Waals surface area contributed by atoms with E-state index in [4.69, 9.17) is 9.15 Å². The molecule has 9 heteroatoms. The zero-order valence-corrected chi connectivity index (χ0v) is 21.7. The molecule has 0 fully saturated rings. The van der Waals surface area contributed by atoms with Crippen molar-refractivity contribution >= 4 is 29.2 Å². The number of furan rings is 1. The van der Waals surface area contributed by atoms with Gasteiger partial charge in [0.15, 0.2) is 10.6 Å². The van der Waals surface area contributed by atoms with Crippen molar-refractivity contribution in [1.29, 1.82) is 0 Å². The minimum Gasteiger partial charge on any atom is -0.463 e. The average molecular weight is 531 g/mol. The molecule has 3 heterocycles. The molecule has 0 amide bonds. The predicted octanol–water partition coefficient (Wildman–Crippen LogP) is 4.40. The number of ether oxygens (including phenoxy) is 1. The van der Waals surface area contributed by atoms with Crippen molar-refractivity contribution in [1.82, 2.24) is 4.57 Å². The molecule has 5 rings (SSSR count). The summed E-state index contributed by atoms with van der Waals surface area (Å²) in [5.41, 5.74) is 2.26. The van der Waals surface area contributed by atoms with Crippen molar-refractivity contribution in [3.63, 3.8) is 0 Å². The number of allylic oxidation sites excluding steroid dienone is 1. The van der Waals surface area contributed by atoms with E-state index < -0.39 is 17.8 Å². The summed E-state index contributed by atoms with van der Waals surface area (Å²) in [5, 5.41) is 0. The molecule has 0 radical (unpaired) electrons. The Labute approximate surface area is 220 Å². The topological polar surface area (TPSA) is 90.9 Å². The summed E-state index contributed by atoms with van der Waals surface area (Å²) in [6.45, 7) is 5.06. The molecular formula is C29H23FN2O5S. The molecule has 1 unspecified atom stereocenters. The number of ketones is 1. The number of carbonyl (C=O) groups is 2. The molecule has 1 aliphatic rings. The number of esters is 1. The minimum absolute atomic E-state index is 0.0210. The van der Waals surface area contributed by atoms with Gasteiger partial charge in [0.2, 0.25) is 0 Å². The van der Waals surface area contributed by atoms with Gasteiger partial charge in [-0.15, -0.1) is 0 Å². The molecule has 1 atom stereocenters. The van der Waals surface area contributed by atoms with Crippen LogP contribution in [0.4, 0.5) is 4.39 Å². The fourth-order valence-corrected chi connectivity index (χ4v) is 5.36. The number of aromatic nitrogens is 1. The molecule has 38 heavy (non-hydrogen) atoms. The van der Waals surface area contributed by atoms with Gasteiger partial charge in [0.1, 0.15) is 17.3 Å². The highest BCUT2D eigenvalue weighted by Gasteiger charge is 2.33. The second-order valence-corrected chi connectivity index (χ2v) is 9.70. The third kappa shape index (κ3) is 4.68. The highest BCUT2D eigenvalue weighted by atomic mass is 32.1. The van der Waals surface area contributed by atoms with Gasteiger partial charge in [0, 0.05) is 17.2 Å². The molecule has 0 saturated heterocycles. The van der Waals surface area contributed by atoms with Crippen LogP contribution in [-0.2, 0) is 9.53 Å². The summed E-state index contributed by atoms with van der Waals surface area (Å²) in [5.74, 6) is 0.0182. The van der Waals surface area contributed by atoms with E-state index in [1.165, 1.54) is 35.0 Å². The highest BCUT2D eigenvalue weighted by Crippen LogP contribution is 2.31. The van der Waals surface area contributed by atoms with Crippen LogP contribution in [0.1, 0.15) is 48.5 Å². The number of fused-ring (bicyclic) bond motifs is 1. The molecule has 0 saturated carbocycles. The Morgan fingerprint density at radius 2 is 1.82 bits per heavy atom. The van der Waals surface area contributed by atoms with E-state index in [9.17, 15) is 18.8 Å². The first kappa shape index (κ1) is 25.3. The fourth-order valence-electron chi connectivity index (χ4n) is 4.34. The van der Waals surface area contributed by atoms with Gasteiger partial charge < -0.3 is 9.15 Å². The first-order valence-electron chi connectivity index (χ1n) is 11.9. The SMILES string of the molecule is CCOC(=O)C1=C(C)N=c2s/c(=C\c3ccc(-c4ccc(C(C)=O)cc4)o3)c(=O)n2C1c1ccc(F)cc1. The lowest BCUT2D eigenvalue weighted by Crippen LogP contribution is -2.39. The van der Waals surface area contributed by atoms with Crippen LogP contribution in [0, 0.1) is 5.82 Å². The van der Waals surface area contributed by atoms with Gasteiger partial charge in [-0.2, -0.15) is 0 Å². The zero-order valence-electron chi connectivity index (χ0n) is 20.9. The monoisotopic (exact) mass is 530 g/mol. The molecule has 0 aliphatic carbocycles. The van der Waals surface area contributed by atoms with Crippen LogP contribution < -0.4 is 14.9 Å². The quantitative estimate of drug-likeness (QED) is 0.272. The van der Waals surface area contributed by atoms with Gasteiger partial charge >= 0.3 is 5.97 Å². The Morgan fingerprint density at radius 1 is 1.11 bits per heavy atom. The third-order valence-electron chi connectivity index (χ3n) is 6.18. The van der Waals surface area contributed by atoms with Crippen LogP contribution in [0.3, 0.4) is 0 Å². The maximum atomic E-state index is 13.7. The van der Waals surface area contributed by atoms with Gasteiger partial charge in [-0.25, -0.2) is 14.2 Å². The Balaban J connectivity index is 1.59. The number of benzene rings is 2. The number of halogens is 1. The van der Waals surface area contributed by atoms with Crippen molar-refractivity contribution in [3.05, 3.63) is 114 Å². The molecule has 0 N–H and O–H groups in total. The highest BCUT2D eigenvalue weighted by molar-refractivity contribution is 7.07. The summed E-state index contributed by atoms with van der Waals surface area (Å²) < 4.78 is 26.7. The van der Waals surface area contributed by atoms with Crippen LogP contribution >= 0.6 is 11.3 Å².